The molecule has 0 amide bonds. The van der Waals surface area contributed by atoms with Crippen molar-refractivity contribution >= 4 is 5.96 Å². The van der Waals surface area contributed by atoms with Gasteiger partial charge in [-0.15, -0.1) is 0 Å². The predicted molar refractivity (Wildman–Crippen MR) is 117 cm³/mol. The van der Waals surface area contributed by atoms with E-state index in [9.17, 15) is 0 Å². The van der Waals surface area contributed by atoms with Crippen molar-refractivity contribution in [2.45, 2.75) is 33.6 Å². The second-order valence-electron chi connectivity index (χ2n) is 7.75. The molecule has 1 saturated heterocycles. The topological polar surface area (TPSA) is 42.9 Å². The number of aliphatic imine (C=N–C) groups is 1. The van der Waals surface area contributed by atoms with Crippen molar-refractivity contribution in [3.05, 3.63) is 35.9 Å². The molecular formula is C22H39N5. The molecule has 1 aromatic rings. The average Bonchev–Trinajstić information content (AvgIpc) is 2.71. The number of nitrogens with zero attached hydrogens (tertiary/aromatic N) is 3. The van der Waals surface area contributed by atoms with Crippen molar-refractivity contribution in [2.24, 2.45) is 10.9 Å². The number of rotatable bonds is 9. The number of nitrogens with one attached hydrogen (secondary N) is 2. The van der Waals surface area contributed by atoms with Crippen LogP contribution >= 0.6 is 0 Å². The Morgan fingerprint density at radius 3 is 2.30 bits per heavy atom. The summed E-state index contributed by atoms with van der Waals surface area (Å²) in [6.45, 7) is 18.7. The zero-order valence-corrected chi connectivity index (χ0v) is 17.7. The summed E-state index contributed by atoms with van der Waals surface area (Å²) >= 11 is 0. The molecule has 1 fully saturated rings. The van der Waals surface area contributed by atoms with Gasteiger partial charge in [0.1, 0.15) is 0 Å². The Hall–Kier alpha value is -1.59. The lowest BCUT2D eigenvalue weighted by Crippen LogP contribution is -2.47. The number of hydrogen-bond acceptors (Lipinski definition) is 3. The highest BCUT2D eigenvalue weighted by molar-refractivity contribution is 5.79. The summed E-state index contributed by atoms with van der Waals surface area (Å²) in [7, 11) is 0. The molecule has 2 rings (SSSR count). The van der Waals surface area contributed by atoms with Crippen molar-refractivity contribution in [3.63, 3.8) is 0 Å². The van der Waals surface area contributed by atoms with E-state index in [0.29, 0.717) is 11.8 Å². The number of likely N-dealkylation sites (N-methyl/N-ethyl adjacent to an activating group) is 1. The Bertz CT molecular complexity index is 537. The van der Waals surface area contributed by atoms with Gasteiger partial charge in [0.05, 0.1) is 0 Å². The molecule has 0 aromatic heterocycles. The fourth-order valence-electron chi connectivity index (χ4n) is 3.52. The summed E-state index contributed by atoms with van der Waals surface area (Å²) in [5.74, 6) is 1.96. The smallest absolute Gasteiger partial charge is 0.191 e. The Kier molecular flexibility index (Phi) is 9.64. The van der Waals surface area contributed by atoms with Crippen molar-refractivity contribution in [1.29, 1.82) is 0 Å². The molecule has 0 aliphatic carbocycles. The summed E-state index contributed by atoms with van der Waals surface area (Å²) in [4.78, 5) is 9.95. The van der Waals surface area contributed by atoms with E-state index in [2.05, 4.69) is 78.5 Å². The van der Waals surface area contributed by atoms with E-state index in [1.807, 2.05) is 0 Å². The van der Waals surface area contributed by atoms with E-state index in [1.165, 1.54) is 38.3 Å². The average molecular weight is 374 g/mol. The highest BCUT2D eigenvalue weighted by Crippen LogP contribution is 2.13. The lowest BCUT2D eigenvalue weighted by atomic mass is 10.0. The van der Waals surface area contributed by atoms with Crippen LogP contribution in [-0.4, -0.2) is 74.7 Å². The van der Waals surface area contributed by atoms with E-state index in [0.717, 1.165) is 32.1 Å². The second-order valence-corrected chi connectivity index (χ2v) is 7.75. The van der Waals surface area contributed by atoms with Gasteiger partial charge in [0, 0.05) is 52.4 Å². The molecule has 5 heteroatoms. The lowest BCUT2D eigenvalue weighted by molar-refractivity contribution is 0.125. The van der Waals surface area contributed by atoms with Gasteiger partial charge in [0.25, 0.3) is 0 Å². The van der Waals surface area contributed by atoms with Gasteiger partial charge in [-0.3, -0.25) is 4.99 Å². The first-order valence-corrected chi connectivity index (χ1v) is 10.6. The number of hydrogen-bond donors (Lipinski definition) is 2. The zero-order valence-electron chi connectivity index (χ0n) is 17.7. The normalized spacial score (nSPS) is 18.9. The predicted octanol–water partition coefficient (Wildman–Crippen LogP) is 2.62. The lowest BCUT2D eigenvalue weighted by Gasteiger charge is -2.35. The molecular weight excluding hydrogens is 334 g/mol. The van der Waals surface area contributed by atoms with Crippen LogP contribution in [0.1, 0.15) is 39.2 Å². The van der Waals surface area contributed by atoms with E-state index in [1.54, 1.807) is 0 Å². The fourth-order valence-corrected chi connectivity index (χ4v) is 3.52. The SMILES string of the molecule is CCNC(=NCC(C)CN1CCN(CC)CC1)NCC(C)c1ccccc1. The van der Waals surface area contributed by atoms with Crippen molar-refractivity contribution in [2.75, 3.05) is 58.9 Å². The molecule has 2 unspecified atom stereocenters. The largest absolute Gasteiger partial charge is 0.357 e. The van der Waals surface area contributed by atoms with Gasteiger partial charge in [0.15, 0.2) is 5.96 Å². The highest BCUT2D eigenvalue weighted by atomic mass is 15.3. The minimum atomic E-state index is 0.461. The molecule has 0 saturated carbocycles. The van der Waals surface area contributed by atoms with Crippen LogP contribution in [0.4, 0.5) is 0 Å². The highest BCUT2D eigenvalue weighted by Gasteiger charge is 2.17. The second kappa shape index (κ2) is 12.0. The molecule has 2 N–H and O–H groups in total. The summed E-state index contributed by atoms with van der Waals surface area (Å²) in [5, 5.41) is 6.89. The van der Waals surface area contributed by atoms with Crippen LogP contribution in [0.15, 0.2) is 35.3 Å². The fraction of sp³-hybridized carbons (Fsp3) is 0.682. The van der Waals surface area contributed by atoms with Gasteiger partial charge in [-0.05, 0) is 30.9 Å². The Balaban J connectivity index is 1.76. The van der Waals surface area contributed by atoms with Gasteiger partial charge < -0.3 is 20.4 Å². The van der Waals surface area contributed by atoms with Crippen molar-refractivity contribution in [3.8, 4) is 0 Å². The van der Waals surface area contributed by atoms with Crippen LogP contribution in [0, 0.1) is 5.92 Å². The minimum absolute atomic E-state index is 0.461. The molecule has 27 heavy (non-hydrogen) atoms. The van der Waals surface area contributed by atoms with E-state index in [4.69, 9.17) is 4.99 Å². The third-order valence-corrected chi connectivity index (χ3v) is 5.33. The summed E-state index contributed by atoms with van der Waals surface area (Å²) in [6, 6.07) is 10.7. The first kappa shape index (κ1) is 21.7. The van der Waals surface area contributed by atoms with Crippen LogP contribution in [-0.2, 0) is 0 Å². The van der Waals surface area contributed by atoms with Crippen molar-refractivity contribution in [1.82, 2.24) is 20.4 Å². The van der Waals surface area contributed by atoms with Gasteiger partial charge in [-0.25, -0.2) is 0 Å². The first-order valence-electron chi connectivity index (χ1n) is 10.6. The van der Waals surface area contributed by atoms with E-state index >= 15 is 0 Å². The molecule has 2 atom stereocenters. The van der Waals surface area contributed by atoms with Gasteiger partial charge in [0.2, 0.25) is 0 Å². The molecule has 0 radical (unpaired) electrons. The molecule has 5 nitrogen and oxygen atoms in total. The molecule has 1 heterocycles. The zero-order chi connectivity index (χ0) is 19.5. The van der Waals surface area contributed by atoms with Crippen LogP contribution in [0.25, 0.3) is 0 Å². The van der Waals surface area contributed by atoms with Gasteiger partial charge in [-0.2, -0.15) is 0 Å². The Morgan fingerprint density at radius 1 is 1.00 bits per heavy atom. The summed E-state index contributed by atoms with van der Waals surface area (Å²) in [5.41, 5.74) is 1.36. The summed E-state index contributed by atoms with van der Waals surface area (Å²) < 4.78 is 0. The number of benzene rings is 1. The first-order chi connectivity index (χ1) is 13.1. The molecule has 1 aromatic carbocycles. The quantitative estimate of drug-likeness (QED) is 0.516. The van der Waals surface area contributed by atoms with Crippen LogP contribution in [0.3, 0.4) is 0 Å². The van der Waals surface area contributed by atoms with E-state index < -0.39 is 0 Å². The molecule has 152 valence electrons. The maximum atomic E-state index is 4.83. The Morgan fingerprint density at radius 2 is 1.67 bits per heavy atom. The third kappa shape index (κ3) is 7.89. The van der Waals surface area contributed by atoms with Crippen LogP contribution in [0.5, 0.6) is 0 Å². The van der Waals surface area contributed by atoms with Gasteiger partial charge >= 0.3 is 0 Å². The monoisotopic (exact) mass is 373 g/mol. The van der Waals surface area contributed by atoms with Crippen LogP contribution < -0.4 is 10.6 Å². The van der Waals surface area contributed by atoms with Crippen molar-refractivity contribution < 1.29 is 0 Å². The molecule has 1 aliphatic rings. The maximum absolute atomic E-state index is 4.83. The minimum Gasteiger partial charge on any atom is -0.357 e. The molecule has 1 aliphatic heterocycles. The summed E-state index contributed by atoms with van der Waals surface area (Å²) in [6.07, 6.45) is 0. The van der Waals surface area contributed by atoms with Gasteiger partial charge in [-0.1, -0.05) is 51.1 Å². The number of guanidine groups is 1. The number of piperazine rings is 1. The maximum Gasteiger partial charge on any atom is 0.191 e. The van der Waals surface area contributed by atoms with Crippen LogP contribution in [0.2, 0.25) is 0 Å². The molecule has 0 bridgehead atoms. The third-order valence-electron chi connectivity index (χ3n) is 5.33. The van der Waals surface area contributed by atoms with E-state index in [-0.39, 0.29) is 0 Å². The molecule has 0 spiro atoms. The standard InChI is InChI=1S/C22H39N5/c1-5-23-22(25-17-20(4)21-10-8-7-9-11-21)24-16-19(3)18-27-14-12-26(6-2)13-15-27/h7-11,19-20H,5-6,12-18H2,1-4H3,(H2,23,24,25). The Labute approximate surface area is 166 Å².